The molecule has 5 atom stereocenters. The first-order valence-corrected chi connectivity index (χ1v) is 19.8. The van der Waals surface area contributed by atoms with Crippen molar-refractivity contribution in [3.63, 3.8) is 0 Å². The number of esters is 1. The summed E-state index contributed by atoms with van der Waals surface area (Å²) < 4.78 is 8.40. The summed E-state index contributed by atoms with van der Waals surface area (Å²) in [4.78, 5) is 48.9. The number of carbonyl (C=O) groups excluding carboxylic acids is 2. The summed E-state index contributed by atoms with van der Waals surface area (Å²) in [5.41, 5.74) is 11.1. The zero-order valence-electron chi connectivity index (χ0n) is 34.2. The quantitative estimate of drug-likeness (QED) is 0.0601. The Labute approximate surface area is 341 Å². The van der Waals surface area contributed by atoms with Crippen molar-refractivity contribution in [2.45, 2.75) is 107 Å². The van der Waals surface area contributed by atoms with E-state index in [1.807, 2.05) is 25.2 Å². The Morgan fingerprint density at radius 1 is 0.982 bits per heavy atom. The summed E-state index contributed by atoms with van der Waals surface area (Å²) in [6, 6.07) is 0. The number of hydrogen-bond donors (Lipinski definition) is 0. The smallest absolute Gasteiger partial charge is 0.664 e. The summed E-state index contributed by atoms with van der Waals surface area (Å²) in [5, 5.41) is 7.06. The molecule has 55 heavy (non-hydrogen) atoms. The maximum Gasteiger partial charge on any atom is 2.00 e. The van der Waals surface area contributed by atoms with E-state index in [-0.39, 0.29) is 53.1 Å². The van der Waals surface area contributed by atoms with E-state index in [1.165, 1.54) is 12.8 Å². The number of Topliss-reactive ketones (excluding diaryl/α,β-unsaturated/α-hetero) is 1. The fraction of sp³-hybridized carbons (Fsp3) is 0.511. The Bertz CT molecular complexity index is 2180. The van der Waals surface area contributed by atoms with Crippen LogP contribution in [0, 0.1) is 50.4 Å². The molecule has 288 valence electrons. The van der Waals surface area contributed by atoms with Crippen LogP contribution in [0.2, 0.25) is 0 Å². The molecule has 1 aliphatic carbocycles. The van der Waals surface area contributed by atoms with E-state index in [0.29, 0.717) is 36.1 Å². The molecular formula is C45H55MgN4O5-. The molecule has 8 bridgehead atoms. The number of ketones is 1. The number of aromatic nitrogens is 3. The van der Waals surface area contributed by atoms with Gasteiger partial charge in [-0.3, -0.25) is 9.59 Å². The van der Waals surface area contributed by atoms with Crippen molar-refractivity contribution in [1.29, 1.82) is 0 Å². The van der Waals surface area contributed by atoms with E-state index in [4.69, 9.17) is 29.9 Å². The third kappa shape index (κ3) is 7.76. The van der Waals surface area contributed by atoms with Crippen LogP contribution in [0.4, 0.5) is 0 Å². The van der Waals surface area contributed by atoms with E-state index in [1.54, 1.807) is 7.11 Å². The fourth-order valence-corrected chi connectivity index (χ4v) is 8.71. The van der Waals surface area contributed by atoms with Crippen LogP contribution < -0.4 is 25.7 Å². The van der Waals surface area contributed by atoms with E-state index < -0.39 is 12.2 Å². The molecule has 1 unspecified atom stereocenters. The van der Waals surface area contributed by atoms with Crippen LogP contribution in [-0.2, 0) is 25.4 Å². The fourth-order valence-electron chi connectivity index (χ4n) is 8.71. The first kappa shape index (κ1) is 41.1. The van der Waals surface area contributed by atoms with Crippen molar-refractivity contribution in [3.05, 3.63) is 90.1 Å². The molecule has 4 aliphatic rings. The van der Waals surface area contributed by atoms with Gasteiger partial charge in [0.2, 0.25) is 0 Å². The predicted molar refractivity (Wildman–Crippen MR) is 218 cm³/mol. The van der Waals surface area contributed by atoms with Crippen LogP contribution in [0.15, 0.2) is 18.0 Å². The molecule has 3 aliphatic heterocycles. The number of ether oxygens (including phenoxy) is 1. The third-order valence-electron chi connectivity index (χ3n) is 12.2. The summed E-state index contributed by atoms with van der Waals surface area (Å²) >= 11 is 0. The van der Waals surface area contributed by atoms with Crippen molar-refractivity contribution in [2.75, 3.05) is 13.7 Å². The molecule has 0 N–H and O–H groups in total. The molecule has 7 rings (SSSR count). The molecule has 3 aromatic rings. The Hall–Kier alpha value is -3.57. The van der Waals surface area contributed by atoms with Crippen molar-refractivity contribution in [3.8, 4) is 0 Å². The Balaban J connectivity index is 0.00000514. The number of carbonyl (C=O) groups is 2. The molecular weight excluding hydrogens is 701 g/mol. The summed E-state index contributed by atoms with van der Waals surface area (Å²) in [7, 11) is 1.77. The minimum Gasteiger partial charge on any atom is -0.664 e. The Morgan fingerprint density at radius 2 is 1.69 bits per heavy atom. The second kappa shape index (κ2) is 16.5. The molecule has 0 amide bonds. The second-order valence-electron chi connectivity index (χ2n) is 16.3. The standard InChI is InChI=1S/C45H56N4O5.Mg/c1-11-29-25(6)32-20-34-27(8)31(16-17-38(50)52-19-18-24(5)15-13-14-23(3)4)42(48-34)40-41(45-53-54(45)10)44(51)39-28(9)35(49-43(39)40)22-37-30(12-2)26(7)33(47-37)21-36(29)46-32;/h11,20-24,27,31,41,45H,1,12-19H2,2-10H3,(H-,48,49,51);/q-2;+2/p-1/b33-21-,34-20-,37-22-;/t24-,27+,31+,41-,45?;/m1./s1. The van der Waals surface area contributed by atoms with Crippen LogP contribution >= 0.6 is 0 Å². The topological polar surface area (TPSA) is 115 Å². The molecule has 3 aromatic heterocycles. The minimum atomic E-state index is -0.606. The van der Waals surface area contributed by atoms with E-state index in [9.17, 15) is 9.59 Å². The van der Waals surface area contributed by atoms with Crippen LogP contribution in [0.1, 0.15) is 134 Å². The first-order valence-electron chi connectivity index (χ1n) is 19.8. The Morgan fingerprint density at radius 3 is 2.36 bits per heavy atom. The maximum atomic E-state index is 14.5. The van der Waals surface area contributed by atoms with Gasteiger partial charge in [0, 0.05) is 12.0 Å². The Kier molecular flexibility index (Phi) is 12.3. The van der Waals surface area contributed by atoms with Crippen LogP contribution in [-0.4, -0.2) is 54.8 Å². The largest absolute Gasteiger partial charge is 2.00 e. The van der Waals surface area contributed by atoms with Crippen molar-refractivity contribution in [1.82, 2.24) is 15.0 Å². The number of fused-ring (bicyclic) bond motifs is 7. The summed E-state index contributed by atoms with van der Waals surface area (Å²) in [6.07, 6.45) is 13.5. The van der Waals surface area contributed by atoms with E-state index >= 15 is 0 Å². The molecule has 10 heteroatoms. The monoisotopic (exact) mass is 755 g/mol. The van der Waals surface area contributed by atoms with Gasteiger partial charge < -0.3 is 25.0 Å². The van der Waals surface area contributed by atoms with Gasteiger partial charge in [0.05, 0.1) is 6.61 Å². The predicted octanol–water partition coefficient (Wildman–Crippen LogP) is 7.11. The van der Waals surface area contributed by atoms with Gasteiger partial charge in [-0.1, -0.05) is 113 Å². The normalized spacial score (nSPS) is 25.3. The maximum absolute atomic E-state index is 14.5. The number of allylic oxidation sites excluding steroid dienone is 2. The van der Waals surface area contributed by atoms with E-state index in [0.717, 1.165) is 91.8 Å². The summed E-state index contributed by atoms with van der Waals surface area (Å²) in [6.45, 7) is 21.7. The van der Waals surface area contributed by atoms with Crippen LogP contribution in [0.3, 0.4) is 0 Å². The number of rotatable bonds is 13. The molecule has 2 fully saturated rings. The van der Waals surface area contributed by atoms with Gasteiger partial charge in [0.25, 0.3) is 0 Å². The minimum absolute atomic E-state index is 0. The average molecular weight is 756 g/mol. The van der Waals surface area contributed by atoms with Crippen molar-refractivity contribution in [2.24, 2.45) is 29.6 Å². The van der Waals surface area contributed by atoms with Gasteiger partial charge in [-0.25, -0.2) is 4.52 Å². The third-order valence-corrected chi connectivity index (χ3v) is 12.2. The summed E-state index contributed by atoms with van der Waals surface area (Å²) in [5.74, 6) is 0.165. The molecule has 9 nitrogen and oxygen atoms in total. The molecule has 0 aromatic carbocycles. The second-order valence-corrected chi connectivity index (χ2v) is 16.3. The van der Waals surface area contributed by atoms with Crippen molar-refractivity contribution >= 4 is 64.7 Å². The van der Waals surface area contributed by atoms with Gasteiger partial charge >= 0.3 is 35.3 Å². The van der Waals surface area contributed by atoms with Crippen molar-refractivity contribution < 1.29 is 23.7 Å². The van der Waals surface area contributed by atoms with Crippen LogP contribution in [0.25, 0.3) is 35.2 Å². The SMILES string of the molecule is C=Cc1c2[n-]c(c1C)/C=C1\[N-]/C(=C3\c4[n-]c(c(C)c4C(=O)[C@@H]3C3O[O+]3C)/C=c3\[n-]/c(c(C)c3CC)=C\2)[C@@H](CCC(=O)OCC[C@H](C)CCCC(C)C)[C@@H]1C.[Mg+2]. The zero-order chi connectivity index (χ0) is 38.6. The zero-order valence-corrected chi connectivity index (χ0v) is 35.6. The van der Waals surface area contributed by atoms with Crippen LogP contribution in [0.5, 0.6) is 0 Å². The number of nitrogens with zero attached hydrogens (tertiary/aromatic N) is 4. The van der Waals surface area contributed by atoms with Gasteiger partial charge in [0.1, 0.15) is 0 Å². The first-order chi connectivity index (χ1) is 25.8. The van der Waals surface area contributed by atoms with Gasteiger partial charge in [-0.15, -0.1) is 33.5 Å². The van der Waals surface area contributed by atoms with Gasteiger partial charge in [-0.05, 0) is 74.2 Å². The molecule has 2 saturated heterocycles. The molecule has 0 radical (unpaired) electrons. The van der Waals surface area contributed by atoms with E-state index in [2.05, 4.69) is 65.6 Å². The molecule has 6 heterocycles. The molecule has 0 spiro atoms. The average Bonchev–Trinajstić information content (AvgIpc) is 3.35. The number of hydrogen-bond acceptors (Lipinski definition) is 4. The van der Waals surface area contributed by atoms with Gasteiger partial charge in [-0.2, -0.15) is 11.4 Å². The van der Waals surface area contributed by atoms with Gasteiger partial charge in [0.15, 0.2) is 18.8 Å². The molecule has 0 saturated carbocycles.